The van der Waals surface area contributed by atoms with Gasteiger partial charge in [-0.2, -0.15) is 8.78 Å². The van der Waals surface area contributed by atoms with Gasteiger partial charge in [0.25, 0.3) is 0 Å². The van der Waals surface area contributed by atoms with Crippen molar-refractivity contribution in [3.8, 4) is 0 Å². The molecule has 4 aliphatic rings. The fourth-order valence-corrected chi connectivity index (χ4v) is 7.64. The van der Waals surface area contributed by atoms with Crippen molar-refractivity contribution in [2.45, 2.75) is 133 Å². The van der Waals surface area contributed by atoms with Gasteiger partial charge in [0.2, 0.25) is 0 Å². The Kier molecular flexibility index (Phi) is 9.58. The third-order valence-corrected chi connectivity index (χ3v) is 9.72. The molecule has 0 aromatic carbocycles. The highest BCUT2D eigenvalue weighted by molar-refractivity contribution is 4.96. The number of hydrogen-bond acceptors (Lipinski definition) is 2. The fourth-order valence-electron chi connectivity index (χ4n) is 7.64. The fraction of sp³-hybridized carbons (Fsp3) is 1.00. The van der Waals surface area contributed by atoms with Gasteiger partial charge in [-0.1, -0.05) is 19.8 Å². The Morgan fingerprint density at radius 3 is 1.39 bits per heavy atom. The number of ether oxygens (including phenoxy) is 2. The molecule has 0 saturated heterocycles. The maximum atomic E-state index is 15.1. The van der Waals surface area contributed by atoms with Crippen LogP contribution in [0.25, 0.3) is 0 Å². The van der Waals surface area contributed by atoms with Crippen LogP contribution in [0.15, 0.2) is 0 Å². The van der Waals surface area contributed by atoms with Crippen LogP contribution >= 0.6 is 0 Å². The third-order valence-electron chi connectivity index (χ3n) is 9.72. The van der Waals surface area contributed by atoms with Crippen molar-refractivity contribution in [1.82, 2.24) is 0 Å². The Labute approximate surface area is 218 Å². The molecule has 0 aromatic heterocycles. The summed E-state index contributed by atoms with van der Waals surface area (Å²) in [5, 5.41) is 0. The van der Waals surface area contributed by atoms with E-state index in [4.69, 9.17) is 0 Å². The van der Waals surface area contributed by atoms with E-state index in [2.05, 4.69) is 16.4 Å². The lowest BCUT2D eigenvalue weighted by Gasteiger charge is -2.44. The topological polar surface area (TPSA) is 18.5 Å². The Balaban J connectivity index is 1.28. The molecule has 0 heterocycles. The van der Waals surface area contributed by atoms with Gasteiger partial charge in [0.15, 0.2) is 0 Å². The summed E-state index contributed by atoms with van der Waals surface area (Å²) in [4.78, 5) is 0. The largest absolute Gasteiger partial charge is 0.522 e. The van der Waals surface area contributed by atoms with Gasteiger partial charge in [0.05, 0.1) is 6.10 Å². The van der Waals surface area contributed by atoms with Gasteiger partial charge >= 0.3 is 12.5 Å². The summed E-state index contributed by atoms with van der Waals surface area (Å²) in [6, 6.07) is 0. The minimum Gasteiger partial charge on any atom is -0.317 e. The molecule has 0 amide bonds. The zero-order valence-electron chi connectivity index (χ0n) is 21.6. The number of hydrogen-bond donors (Lipinski definition) is 0. The second-order valence-corrected chi connectivity index (χ2v) is 12.3. The minimum atomic E-state index is -5.30. The average molecular weight is 567 g/mol. The van der Waals surface area contributed by atoms with Crippen molar-refractivity contribution < 1.29 is 49.0 Å². The van der Waals surface area contributed by atoms with E-state index in [9.17, 15) is 30.7 Å². The predicted octanol–water partition coefficient (Wildman–Crippen LogP) is 8.67. The van der Waals surface area contributed by atoms with Crippen LogP contribution in [-0.2, 0) is 9.47 Å². The van der Waals surface area contributed by atoms with E-state index in [1.165, 1.54) is 25.7 Å². The zero-order valence-corrected chi connectivity index (χ0v) is 21.6. The van der Waals surface area contributed by atoms with Gasteiger partial charge in [0.1, 0.15) is 36.7 Å². The van der Waals surface area contributed by atoms with Crippen LogP contribution in [0.3, 0.4) is 0 Å². The molecule has 0 aliphatic heterocycles. The standard InChI is InChI=1S/C27H39F9O2/c1-14-2-4-15(5-3-14)16-6-8-17(9-7-16)18-10-20(28)24(21(29)11-18)26(32,33)37-19-12-22(30)25(23(31)13-19)38-27(34,35)36/h14-25H,2-13H2,1H3. The summed E-state index contributed by atoms with van der Waals surface area (Å²) in [7, 11) is 0. The van der Waals surface area contributed by atoms with Gasteiger partial charge in [-0.25, -0.2) is 17.6 Å². The molecule has 38 heavy (non-hydrogen) atoms. The van der Waals surface area contributed by atoms with Crippen LogP contribution in [0, 0.1) is 35.5 Å². The summed E-state index contributed by atoms with van der Waals surface area (Å²) in [6.45, 7) is 2.27. The van der Waals surface area contributed by atoms with Gasteiger partial charge in [0, 0.05) is 12.8 Å². The molecule has 11 heteroatoms. The Bertz CT molecular complexity index is 725. The van der Waals surface area contributed by atoms with Crippen LogP contribution < -0.4 is 0 Å². The maximum Gasteiger partial charge on any atom is 0.522 e. The Hall–Kier alpha value is -0.710. The first-order chi connectivity index (χ1) is 17.7. The van der Waals surface area contributed by atoms with Gasteiger partial charge in [-0.05, 0) is 81.0 Å². The first kappa shape index (κ1) is 30.3. The van der Waals surface area contributed by atoms with E-state index in [1.807, 2.05) is 0 Å². The van der Waals surface area contributed by atoms with Crippen molar-refractivity contribution >= 4 is 0 Å². The first-order valence-electron chi connectivity index (χ1n) is 14.1. The molecule has 4 unspecified atom stereocenters. The first-order valence-corrected chi connectivity index (χ1v) is 14.1. The van der Waals surface area contributed by atoms with Crippen molar-refractivity contribution in [3.05, 3.63) is 0 Å². The lowest BCUT2D eigenvalue weighted by molar-refractivity contribution is -0.366. The summed E-state index contributed by atoms with van der Waals surface area (Å²) in [5.41, 5.74) is 0. The molecule has 4 saturated carbocycles. The number of rotatable bonds is 6. The van der Waals surface area contributed by atoms with E-state index >= 15 is 8.78 Å². The van der Waals surface area contributed by atoms with E-state index in [0.717, 1.165) is 31.6 Å². The SMILES string of the molecule is CC1CCC(C2CCC(C3CC(F)C(C(F)(F)OC4CC(F)C(OC(F)(F)F)C(F)C4)C(F)C3)CC2)CC1. The van der Waals surface area contributed by atoms with Gasteiger partial charge in [-0.3, -0.25) is 4.74 Å². The highest BCUT2D eigenvalue weighted by atomic mass is 19.4. The summed E-state index contributed by atoms with van der Waals surface area (Å²) >= 11 is 0. The summed E-state index contributed by atoms with van der Waals surface area (Å²) in [5.74, 6) is -0.642. The Morgan fingerprint density at radius 1 is 0.526 bits per heavy atom. The molecule has 2 nitrogen and oxygen atoms in total. The number of halogens is 9. The van der Waals surface area contributed by atoms with E-state index in [1.54, 1.807) is 0 Å². The molecule has 4 aliphatic carbocycles. The zero-order chi connectivity index (χ0) is 27.8. The third kappa shape index (κ3) is 7.32. The van der Waals surface area contributed by atoms with Crippen molar-refractivity contribution in [2.75, 3.05) is 0 Å². The lowest BCUT2D eigenvalue weighted by atomic mass is 9.64. The van der Waals surface area contributed by atoms with Gasteiger partial charge < -0.3 is 4.74 Å². The maximum absolute atomic E-state index is 15.1. The predicted molar refractivity (Wildman–Crippen MR) is 122 cm³/mol. The Morgan fingerprint density at radius 2 is 0.947 bits per heavy atom. The van der Waals surface area contributed by atoms with Crippen LogP contribution in [0.4, 0.5) is 39.5 Å². The van der Waals surface area contributed by atoms with Crippen LogP contribution in [0.1, 0.15) is 84.0 Å². The lowest BCUT2D eigenvalue weighted by Crippen LogP contribution is -2.53. The number of alkyl halides is 9. The van der Waals surface area contributed by atoms with Gasteiger partial charge in [-0.15, -0.1) is 13.2 Å². The van der Waals surface area contributed by atoms with Crippen LogP contribution in [-0.4, -0.2) is 49.4 Å². The van der Waals surface area contributed by atoms with E-state index in [0.29, 0.717) is 11.8 Å². The normalized spacial score (nSPS) is 45.6. The second-order valence-electron chi connectivity index (χ2n) is 12.3. The van der Waals surface area contributed by atoms with E-state index < -0.39 is 68.1 Å². The summed E-state index contributed by atoms with van der Waals surface area (Å²) in [6.07, 6.45) is -17.4. The van der Waals surface area contributed by atoms with Crippen LogP contribution in [0.2, 0.25) is 0 Å². The van der Waals surface area contributed by atoms with Crippen molar-refractivity contribution in [1.29, 1.82) is 0 Å². The molecule has 4 fully saturated rings. The smallest absolute Gasteiger partial charge is 0.317 e. The molecular formula is C27H39F9O2. The molecule has 0 bridgehead atoms. The molecule has 0 N–H and O–H groups in total. The molecule has 222 valence electrons. The minimum absolute atomic E-state index is 0.0734. The van der Waals surface area contributed by atoms with Crippen molar-refractivity contribution in [2.24, 2.45) is 35.5 Å². The van der Waals surface area contributed by atoms with Crippen molar-refractivity contribution in [3.63, 3.8) is 0 Å². The second kappa shape index (κ2) is 12.0. The molecule has 0 radical (unpaired) electrons. The molecule has 4 atom stereocenters. The summed E-state index contributed by atoms with van der Waals surface area (Å²) < 4.78 is 133. The highest BCUT2D eigenvalue weighted by Crippen LogP contribution is 2.50. The molecule has 0 aromatic rings. The average Bonchev–Trinajstić information content (AvgIpc) is 2.80. The molecule has 4 rings (SSSR count). The van der Waals surface area contributed by atoms with Crippen LogP contribution in [0.5, 0.6) is 0 Å². The van der Waals surface area contributed by atoms with E-state index in [-0.39, 0.29) is 24.7 Å². The molecular weight excluding hydrogens is 527 g/mol. The highest BCUT2D eigenvalue weighted by Gasteiger charge is 2.57. The quantitative estimate of drug-likeness (QED) is 0.300. The monoisotopic (exact) mass is 566 g/mol. The molecule has 0 spiro atoms.